The zero-order valence-corrected chi connectivity index (χ0v) is 6.51. The maximum absolute atomic E-state index is 4.32. The highest BCUT2D eigenvalue weighted by atomic mass is 32.2. The van der Waals surface area contributed by atoms with Crippen LogP contribution in [0.4, 0.5) is 0 Å². The molecule has 1 saturated heterocycles. The molecule has 0 radical (unpaired) electrons. The van der Waals surface area contributed by atoms with Gasteiger partial charge in [0.05, 0.1) is 4.08 Å². The molecule has 8 heavy (non-hydrogen) atoms. The van der Waals surface area contributed by atoms with Crippen molar-refractivity contribution < 1.29 is 0 Å². The van der Waals surface area contributed by atoms with Crippen molar-refractivity contribution in [3.8, 4) is 0 Å². The van der Waals surface area contributed by atoms with Gasteiger partial charge in [-0.1, -0.05) is 0 Å². The highest BCUT2D eigenvalue weighted by Gasteiger charge is 2.21. The zero-order chi connectivity index (χ0) is 6.04. The Hall–Kier alpha value is 0.660. The third-order valence-corrected chi connectivity index (χ3v) is 2.10. The zero-order valence-electron chi connectivity index (χ0n) is 4.72. The minimum Gasteiger partial charge on any atom is -0.315 e. The summed E-state index contributed by atoms with van der Waals surface area (Å²) in [7, 11) is 0. The normalized spacial score (nSPS) is 27.8. The van der Waals surface area contributed by atoms with Crippen molar-refractivity contribution in [1.29, 1.82) is 0 Å². The molecule has 1 rings (SSSR count). The number of rotatable bonds is 0. The molecule has 1 aliphatic rings. The van der Waals surface area contributed by atoms with Gasteiger partial charge in [0, 0.05) is 6.54 Å². The van der Waals surface area contributed by atoms with Crippen molar-refractivity contribution in [3.63, 3.8) is 0 Å². The van der Waals surface area contributed by atoms with Crippen molar-refractivity contribution in [2.75, 3.05) is 13.1 Å². The lowest BCUT2D eigenvalue weighted by Gasteiger charge is -2.27. The Kier molecular flexibility index (Phi) is 2.12. The Morgan fingerprint density at radius 2 is 2.12 bits per heavy atom. The molecular formula is C5H11NS2. The molecule has 1 aliphatic heterocycles. The van der Waals surface area contributed by atoms with Gasteiger partial charge < -0.3 is 5.32 Å². The molecule has 0 aromatic rings. The van der Waals surface area contributed by atoms with Gasteiger partial charge in [0.2, 0.25) is 0 Å². The first-order chi connectivity index (χ1) is 3.71. The molecule has 1 heterocycles. The second kappa shape index (κ2) is 2.50. The predicted octanol–water partition coefficient (Wildman–Crippen LogP) is 0.926. The van der Waals surface area contributed by atoms with Crippen LogP contribution in [0.15, 0.2) is 0 Å². The van der Waals surface area contributed by atoms with E-state index in [9.17, 15) is 0 Å². The van der Waals surface area contributed by atoms with Crippen LogP contribution in [0.5, 0.6) is 0 Å². The Bertz CT molecular complexity index is 74.5. The lowest BCUT2D eigenvalue weighted by atomic mass is 10.1. The fourth-order valence-corrected chi connectivity index (χ4v) is 1.41. The van der Waals surface area contributed by atoms with Crippen LogP contribution in [-0.2, 0) is 0 Å². The summed E-state index contributed by atoms with van der Waals surface area (Å²) < 4.78 is -0.0434. The van der Waals surface area contributed by atoms with E-state index in [-0.39, 0.29) is 4.08 Å². The molecule has 0 aromatic carbocycles. The standard InChI is InChI=1S/C5H11NS2/c7-5(8)2-1-3-6-4-5/h6-8H,1-4H2. The number of piperidine rings is 1. The molecular weight excluding hydrogens is 138 g/mol. The molecule has 0 aromatic heterocycles. The van der Waals surface area contributed by atoms with E-state index in [0.717, 1.165) is 19.5 Å². The third kappa shape index (κ3) is 1.88. The molecule has 1 N–H and O–H groups in total. The van der Waals surface area contributed by atoms with Crippen LogP contribution in [0.2, 0.25) is 0 Å². The van der Waals surface area contributed by atoms with E-state index in [1.165, 1.54) is 6.42 Å². The maximum atomic E-state index is 4.32. The quantitative estimate of drug-likeness (QED) is 0.344. The van der Waals surface area contributed by atoms with Gasteiger partial charge in [-0.05, 0) is 19.4 Å². The summed E-state index contributed by atoms with van der Waals surface area (Å²) in [5.74, 6) is 0. The van der Waals surface area contributed by atoms with Gasteiger partial charge >= 0.3 is 0 Å². The molecule has 0 atom stereocenters. The van der Waals surface area contributed by atoms with Gasteiger partial charge in [0.1, 0.15) is 0 Å². The van der Waals surface area contributed by atoms with E-state index in [2.05, 4.69) is 30.6 Å². The summed E-state index contributed by atoms with van der Waals surface area (Å²) in [5.41, 5.74) is 0. The molecule has 0 saturated carbocycles. The topological polar surface area (TPSA) is 12.0 Å². The second-order valence-electron chi connectivity index (χ2n) is 2.26. The van der Waals surface area contributed by atoms with Gasteiger partial charge in [-0.3, -0.25) is 0 Å². The van der Waals surface area contributed by atoms with E-state index in [1.807, 2.05) is 0 Å². The van der Waals surface area contributed by atoms with Gasteiger partial charge in [-0.15, -0.1) is 0 Å². The Morgan fingerprint density at radius 1 is 1.38 bits per heavy atom. The molecule has 0 bridgehead atoms. The highest BCUT2D eigenvalue weighted by Crippen LogP contribution is 2.26. The van der Waals surface area contributed by atoms with Crippen molar-refractivity contribution >= 4 is 25.3 Å². The summed E-state index contributed by atoms with van der Waals surface area (Å²) in [6, 6.07) is 0. The number of hydrogen-bond donors (Lipinski definition) is 3. The summed E-state index contributed by atoms with van der Waals surface area (Å²) in [6.07, 6.45) is 2.32. The third-order valence-electron chi connectivity index (χ3n) is 1.34. The van der Waals surface area contributed by atoms with E-state index >= 15 is 0 Å². The number of thiol groups is 2. The van der Waals surface area contributed by atoms with Gasteiger partial charge in [-0.25, -0.2) is 0 Å². The molecule has 1 nitrogen and oxygen atoms in total. The average Bonchev–Trinajstić information content (AvgIpc) is 1.65. The van der Waals surface area contributed by atoms with Crippen molar-refractivity contribution in [3.05, 3.63) is 0 Å². The maximum Gasteiger partial charge on any atom is 0.0676 e. The predicted molar refractivity (Wildman–Crippen MR) is 42.8 cm³/mol. The minimum atomic E-state index is -0.0434. The fraction of sp³-hybridized carbons (Fsp3) is 1.00. The van der Waals surface area contributed by atoms with Crippen molar-refractivity contribution in [2.24, 2.45) is 0 Å². The van der Waals surface area contributed by atoms with Crippen LogP contribution in [0.3, 0.4) is 0 Å². The lowest BCUT2D eigenvalue weighted by Crippen LogP contribution is -2.37. The van der Waals surface area contributed by atoms with Gasteiger partial charge in [0.15, 0.2) is 0 Å². The molecule has 0 unspecified atom stereocenters. The Morgan fingerprint density at radius 3 is 2.38 bits per heavy atom. The fourth-order valence-electron chi connectivity index (χ4n) is 0.873. The minimum absolute atomic E-state index is 0.0434. The van der Waals surface area contributed by atoms with Crippen LogP contribution in [0, 0.1) is 0 Å². The molecule has 0 amide bonds. The van der Waals surface area contributed by atoms with Crippen LogP contribution < -0.4 is 5.32 Å². The molecule has 3 heteroatoms. The first-order valence-corrected chi connectivity index (χ1v) is 3.76. The Balaban J connectivity index is 2.33. The molecule has 1 fully saturated rings. The Labute approximate surface area is 61.1 Å². The lowest BCUT2D eigenvalue weighted by molar-refractivity contribution is 0.511. The monoisotopic (exact) mass is 149 g/mol. The summed E-state index contributed by atoms with van der Waals surface area (Å²) in [6.45, 7) is 2.06. The van der Waals surface area contributed by atoms with Crippen LogP contribution in [0.25, 0.3) is 0 Å². The second-order valence-corrected chi connectivity index (χ2v) is 4.33. The first-order valence-electron chi connectivity index (χ1n) is 2.86. The van der Waals surface area contributed by atoms with E-state index in [4.69, 9.17) is 0 Å². The summed E-state index contributed by atoms with van der Waals surface area (Å²) in [5, 5.41) is 3.22. The number of hydrogen-bond acceptors (Lipinski definition) is 3. The van der Waals surface area contributed by atoms with E-state index < -0.39 is 0 Å². The molecule has 48 valence electrons. The van der Waals surface area contributed by atoms with Gasteiger partial charge in [0.25, 0.3) is 0 Å². The molecule has 0 spiro atoms. The van der Waals surface area contributed by atoms with Crippen LogP contribution in [0.1, 0.15) is 12.8 Å². The smallest absolute Gasteiger partial charge is 0.0676 e. The van der Waals surface area contributed by atoms with Gasteiger partial charge in [-0.2, -0.15) is 25.3 Å². The van der Waals surface area contributed by atoms with Crippen molar-refractivity contribution in [1.82, 2.24) is 5.32 Å². The number of nitrogens with one attached hydrogen (secondary N) is 1. The summed E-state index contributed by atoms with van der Waals surface area (Å²) in [4.78, 5) is 0. The van der Waals surface area contributed by atoms with E-state index in [0.29, 0.717) is 0 Å². The van der Waals surface area contributed by atoms with Crippen LogP contribution in [-0.4, -0.2) is 17.2 Å². The molecule has 0 aliphatic carbocycles. The van der Waals surface area contributed by atoms with Crippen molar-refractivity contribution in [2.45, 2.75) is 16.9 Å². The van der Waals surface area contributed by atoms with Crippen LogP contribution >= 0.6 is 25.3 Å². The SMILES string of the molecule is SC1(S)CCCNC1. The summed E-state index contributed by atoms with van der Waals surface area (Å²) >= 11 is 8.64. The largest absolute Gasteiger partial charge is 0.315 e. The van der Waals surface area contributed by atoms with E-state index in [1.54, 1.807) is 0 Å². The average molecular weight is 149 g/mol. The highest BCUT2D eigenvalue weighted by molar-refractivity contribution is 8.00. The first kappa shape index (κ1) is 6.78.